The summed E-state index contributed by atoms with van der Waals surface area (Å²) in [6.07, 6.45) is 1.47. The normalized spacial score (nSPS) is 10.5. The topological polar surface area (TPSA) is 86.9 Å². The standard InChI is InChI=1S/C11H11FN4O/c12-8-5-7(6-13)1-2-10(8)16-4-3-9(15-16)11(14)17/h1-5H,6,13H2,(H2,14,17). The molecule has 1 aromatic heterocycles. The molecule has 0 bridgehead atoms. The fourth-order valence-corrected chi connectivity index (χ4v) is 1.45. The number of rotatable bonds is 3. The van der Waals surface area contributed by atoms with Crippen molar-refractivity contribution in [2.24, 2.45) is 11.5 Å². The van der Waals surface area contributed by atoms with E-state index in [1.54, 1.807) is 12.1 Å². The Kier molecular flexibility index (Phi) is 2.88. The molecule has 6 heteroatoms. The fourth-order valence-electron chi connectivity index (χ4n) is 1.45. The number of benzene rings is 1. The van der Waals surface area contributed by atoms with Crippen LogP contribution >= 0.6 is 0 Å². The van der Waals surface area contributed by atoms with Gasteiger partial charge < -0.3 is 11.5 Å². The first-order valence-electron chi connectivity index (χ1n) is 4.96. The Morgan fingerprint density at radius 3 is 2.71 bits per heavy atom. The zero-order chi connectivity index (χ0) is 12.4. The predicted molar refractivity (Wildman–Crippen MR) is 59.9 cm³/mol. The van der Waals surface area contributed by atoms with Gasteiger partial charge in [-0.1, -0.05) is 6.07 Å². The lowest BCUT2D eigenvalue weighted by Gasteiger charge is -2.04. The number of carbonyl (C=O) groups excluding carboxylic acids is 1. The van der Waals surface area contributed by atoms with Gasteiger partial charge in [0.25, 0.3) is 5.91 Å². The van der Waals surface area contributed by atoms with E-state index in [4.69, 9.17) is 11.5 Å². The Hall–Kier alpha value is -2.21. The first-order chi connectivity index (χ1) is 8.11. The van der Waals surface area contributed by atoms with Crippen LogP contribution in [0.5, 0.6) is 0 Å². The predicted octanol–water partition coefficient (Wildman–Crippen LogP) is 0.569. The molecule has 0 spiro atoms. The molecule has 0 aliphatic heterocycles. The number of hydrogen-bond acceptors (Lipinski definition) is 3. The minimum absolute atomic E-state index is 0.0901. The van der Waals surface area contributed by atoms with E-state index < -0.39 is 11.7 Å². The first-order valence-corrected chi connectivity index (χ1v) is 4.96. The van der Waals surface area contributed by atoms with Crippen molar-refractivity contribution in [1.29, 1.82) is 0 Å². The van der Waals surface area contributed by atoms with Crippen LogP contribution in [-0.2, 0) is 6.54 Å². The van der Waals surface area contributed by atoms with Crippen LogP contribution < -0.4 is 11.5 Å². The van der Waals surface area contributed by atoms with Crippen molar-refractivity contribution >= 4 is 5.91 Å². The molecule has 4 N–H and O–H groups in total. The van der Waals surface area contributed by atoms with Gasteiger partial charge in [-0.2, -0.15) is 5.10 Å². The molecule has 0 unspecified atom stereocenters. The average molecular weight is 234 g/mol. The summed E-state index contributed by atoms with van der Waals surface area (Å²) in [5, 5.41) is 3.87. The van der Waals surface area contributed by atoms with E-state index in [2.05, 4.69) is 5.10 Å². The summed E-state index contributed by atoms with van der Waals surface area (Å²) in [5.41, 5.74) is 11.5. The summed E-state index contributed by atoms with van der Waals surface area (Å²) >= 11 is 0. The third-order valence-corrected chi connectivity index (χ3v) is 2.34. The number of primary amides is 1. The smallest absolute Gasteiger partial charge is 0.269 e. The number of nitrogens with two attached hydrogens (primary N) is 2. The highest BCUT2D eigenvalue weighted by Crippen LogP contribution is 2.14. The lowest BCUT2D eigenvalue weighted by molar-refractivity contribution is 0.0995. The van der Waals surface area contributed by atoms with E-state index in [-0.39, 0.29) is 17.9 Å². The van der Waals surface area contributed by atoms with Gasteiger partial charge in [0.05, 0.1) is 0 Å². The fraction of sp³-hybridized carbons (Fsp3) is 0.0909. The largest absolute Gasteiger partial charge is 0.364 e. The molecule has 5 nitrogen and oxygen atoms in total. The van der Waals surface area contributed by atoms with Gasteiger partial charge in [0, 0.05) is 12.7 Å². The van der Waals surface area contributed by atoms with E-state index >= 15 is 0 Å². The Balaban J connectivity index is 2.42. The molecule has 1 amide bonds. The van der Waals surface area contributed by atoms with Gasteiger partial charge in [-0.15, -0.1) is 0 Å². The zero-order valence-electron chi connectivity index (χ0n) is 8.93. The van der Waals surface area contributed by atoms with Gasteiger partial charge >= 0.3 is 0 Å². The van der Waals surface area contributed by atoms with Crippen LogP contribution in [-0.4, -0.2) is 15.7 Å². The maximum Gasteiger partial charge on any atom is 0.269 e. The van der Waals surface area contributed by atoms with Crippen LogP contribution in [0.4, 0.5) is 4.39 Å². The van der Waals surface area contributed by atoms with Crippen LogP contribution in [0.25, 0.3) is 5.69 Å². The molecule has 0 radical (unpaired) electrons. The lowest BCUT2D eigenvalue weighted by atomic mass is 10.2. The molecular formula is C11H11FN4O. The highest BCUT2D eigenvalue weighted by Gasteiger charge is 2.09. The van der Waals surface area contributed by atoms with Crippen LogP contribution in [0.2, 0.25) is 0 Å². The summed E-state index contributed by atoms with van der Waals surface area (Å²) in [6, 6.07) is 6.01. The number of amides is 1. The second kappa shape index (κ2) is 4.34. The summed E-state index contributed by atoms with van der Waals surface area (Å²) in [6.45, 7) is 0.267. The minimum Gasteiger partial charge on any atom is -0.364 e. The van der Waals surface area contributed by atoms with Crippen LogP contribution in [0.15, 0.2) is 30.5 Å². The zero-order valence-corrected chi connectivity index (χ0v) is 8.93. The maximum absolute atomic E-state index is 13.7. The van der Waals surface area contributed by atoms with Crippen molar-refractivity contribution in [1.82, 2.24) is 9.78 Å². The number of nitrogens with zero attached hydrogens (tertiary/aromatic N) is 2. The van der Waals surface area contributed by atoms with Crippen molar-refractivity contribution in [2.45, 2.75) is 6.54 Å². The van der Waals surface area contributed by atoms with Gasteiger partial charge in [-0.05, 0) is 23.8 Å². The SMILES string of the molecule is NCc1ccc(-n2ccc(C(N)=O)n2)c(F)c1. The number of halogens is 1. The van der Waals surface area contributed by atoms with E-state index in [0.717, 1.165) is 0 Å². The Bertz CT molecular complexity index is 564. The molecular weight excluding hydrogens is 223 g/mol. The molecule has 1 aromatic carbocycles. The van der Waals surface area contributed by atoms with E-state index in [0.29, 0.717) is 5.56 Å². The molecule has 88 valence electrons. The van der Waals surface area contributed by atoms with E-state index in [1.165, 1.54) is 23.0 Å². The molecule has 0 aliphatic carbocycles. The van der Waals surface area contributed by atoms with Gasteiger partial charge in [0.15, 0.2) is 0 Å². The molecule has 0 aliphatic rings. The average Bonchev–Trinajstić information content (AvgIpc) is 2.78. The molecule has 17 heavy (non-hydrogen) atoms. The molecule has 0 fully saturated rings. The Morgan fingerprint density at radius 1 is 1.41 bits per heavy atom. The molecule has 1 heterocycles. The van der Waals surface area contributed by atoms with Crippen molar-refractivity contribution in [3.8, 4) is 5.69 Å². The monoisotopic (exact) mass is 234 g/mol. The molecule has 0 atom stereocenters. The van der Waals surface area contributed by atoms with Gasteiger partial charge in [-0.25, -0.2) is 9.07 Å². The molecule has 0 saturated carbocycles. The highest BCUT2D eigenvalue weighted by molar-refractivity contribution is 5.90. The van der Waals surface area contributed by atoms with Gasteiger partial charge in [0.2, 0.25) is 0 Å². The van der Waals surface area contributed by atoms with E-state index in [9.17, 15) is 9.18 Å². The highest BCUT2D eigenvalue weighted by atomic mass is 19.1. The number of hydrogen-bond donors (Lipinski definition) is 2. The van der Waals surface area contributed by atoms with Crippen molar-refractivity contribution in [3.05, 3.63) is 47.5 Å². The molecule has 2 aromatic rings. The van der Waals surface area contributed by atoms with Gasteiger partial charge in [-0.3, -0.25) is 4.79 Å². The number of aromatic nitrogens is 2. The van der Waals surface area contributed by atoms with Crippen LogP contribution in [0.1, 0.15) is 16.1 Å². The van der Waals surface area contributed by atoms with Crippen molar-refractivity contribution in [2.75, 3.05) is 0 Å². The van der Waals surface area contributed by atoms with E-state index in [1.807, 2.05) is 0 Å². The number of carbonyl (C=O) groups is 1. The maximum atomic E-state index is 13.7. The summed E-state index contributed by atoms with van der Waals surface area (Å²) in [4.78, 5) is 10.9. The summed E-state index contributed by atoms with van der Waals surface area (Å²) in [5.74, 6) is -1.10. The second-order valence-electron chi connectivity index (χ2n) is 3.50. The molecule has 0 saturated heterocycles. The third-order valence-electron chi connectivity index (χ3n) is 2.34. The second-order valence-corrected chi connectivity index (χ2v) is 3.50. The lowest BCUT2D eigenvalue weighted by Crippen LogP contribution is -2.12. The van der Waals surface area contributed by atoms with Crippen LogP contribution in [0.3, 0.4) is 0 Å². The van der Waals surface area contributed by atoms with Crippen molar-refractivity contribution < 1.29 is 9.18 Å². The van der Waals surface area contributed by atoms with Crippen LogP contribution in [0, 0.1) is 5.82 Å². The molecule has 2 rings (SSSR count). The summed E-state index contributed by atoms with van der Waals surface area (Å²) in [7, 11) is 0. The summed E-state index contributed by atoms with van der Waals surface area (Å²) < 4.78 is 15.0. The van der Waals surface area contributed by atoms with Gasteiger partial charge in [0.1, 0.15) is 17.2 Å². The third kappa shape index (κ3) is 2.16. The Morgan fingerprint density at radius 2 is 2.18 bits per heavy atom. The Labute approximate surface area is 96.8 Å². The van der Waals surface area contributed by atoms with Crippen molar-refractivity contribution in [3.63, 3.8) is 0 Å². The first kappa shape index (κ1) is 11.3. The minimum atomic E-state index is -0.650. The quantitative estimate of drug-likeness (QED) is 0.813.